The molecule has 0 radical (unpaired) electrons. The lowest BCUT2D eigenvalue weighted by Gasteiger charge is -2.12. The molecule has 0 bridgehead atoms. The Morgan fingerprint density at radius 2 is 1.00 bits per heavy atom. The lowest BCUT2D eigenvalue weighted by atomic mass is 10.0. The number of aromatic nitrogens is 3. The Hall–Kier alpha value is -3.73. The van der Waals surface area contributed by atoms with Crippen molar-refractivity contribution in [1.82, 2.24) is 15.0 Å². The van der Waals surface area contributed by atoms with Crippen LogP contribution in [0.2, 0.25) is 0 Å². The van der Waals surface area contributed by atoms with Crippen LogP contribution in [-0.2, 0) is 6.42 Å². The Morgan fingerprint density at radius 1 is 0.586 bits per heavy atom. The zero-order valence-corrected chi connectivity index (χ0v) is 16.1. The molecule has 0 amide bonds. The third-order valence-corrected chi connectivity index (χ3v) is 4.70. The van der Waals surface area contributed by atoms with E-state index in [-0.39, 0.29) is 11.5 Å². The SMILES string of the molecule is CCCc1ccccc1-c1nc(-c2ccccc2O)nc(-c2ccccc2O)n1. The highest BCUT2D eigenvalue weighted by atomic mass is 16.3. The van der Waals surface area contributed by atoms with Crippen molar-refractivity contribution < 1.29 is 10.2 Å². The van der Waals surface area contributed by atoms with Crippen LogP contribution in [0, 0.1) is 0 Å². The van der Waals surface area contributed by atoms with E-state index in [4.69, 9.17) is 0 Å². The van der Waals surface area contributed by atoms with E-state index in [1.54, 1.807) is 36.4 Å². The summed E-state index contributed by atoms with van der Waals surface area (Å²) < 4.78 is 0. The second-order valence-corrected chi connectivity index (χ2v) is 6.75. The van der Waals surface area contributed by atoms with Gasteiger partial charge in [-0.1, -0.05) is 61.9 Å². The van der Waals surface area contributed by atoms with Crippen molar-refractivity contribution in [3.63, 3.8) is 0 Å². The van der Waals surface area contributed by atoms with Crippen LogP contribution in [0.3, 0.4) is 0 Å². The smallest absolute Gasteiger partial charge is 0.167 e. The lowest BCUT2D eigenvalue weighted by Crippen LogP contribution is -2.02. The van der Waals surface area contributed by atoms with Crippen LogP contribution < -0.4 is 0 Å². The summed E-state index contributed by atoms with van der Waals surface area (Å²) in [6, 6.07) is 21.9. The lowest BCUT2D eigenvalue weighted by molar-refractivity contribution is 0.477. The molecular formula is C24H21N3O2. The summed E-state index contributed by atoms with van der Waals surface area (Å²) in [4.78, 5) is 13.9. The van der Waals surface area contributed by atoms with Crippen LogP contribution in [0.1, 0.15) is 18.9 Å². The molecule has 0 saturated heterocycles. The van der Waals surface area contributed by atoms with Gasteiger partial charge >= 0.3 is 0 Å². The molecule has 0 saturated carbocycles. The van der Waals surface area contributed by atoms with Crippen LogP contribution in [0.4, 0.5) is 0 Å². The third-order valence-electron chi connectivity index (χ3n) is 4.70. The number of aryl methyl sites for hydroxylation is 1. The molecule has 1 aromatic heterocycles. The number of aromatic hydroxyl groups is 2. The van der Waals surface area contributed by atoms with Gasteiger partial charge in [0.25, 0.3) is 0 Å². The van der Waals surface area contributed by atoms with Gasteiger partial charge in [-0.25, -0.2) is 15.0 Å². The fourth-order valence-electron chi connectivity index (χ4n) is 3.29. The van der Waals surface area contributed by atoms with Crippen molar-refractivity contribution in [2.75, 3.05) is 0 Å². The maximum Gasteiger partial charge on any atom is 0.167 e. The topological polar surface area (TPSA) is 79.1 Å². The first-order chi connectivity index (χ1) is 14.2. The van der Waals surface area contributed by atoms with E-state index in [0.29, 0.717) is 28.6 Å². The molecular weight excluding hydrogens is 362 g/mol. The highest BCUT2D eigenvalue weighted by Crippen LogP contribution is 2.32. The van der Waals surface area contributed by atoms with Gasteiger partial charge in [-0.05, 0) is 36.2 Å². The minimum absolute atomic E-state index is 0.0923. The van der Waals surface area contributed by atoms with E-state index in [9.17, 15) is 10.2 Å². The monoisotopic (exact) mass is 383 g/mol. The number of phenolic OH excluding ortho intramolecular Hbond substituents is 2. The van der Waals surface area contributed by atoms with Gasteiger partial charge < -0.3 is 10.2 Å². The summed E-state index contributed by atoms with van der Waals surface area (Å²) >= 11 is 0. The van der Waals surface area contributed by atoms with Crippen molar-refractivity contribution in [2.45, 2.75) is 19.8 Å². The number of para-hydroxylation sites is 2. The first-order valence-electron chi connectivity index (χ1n) is 9.58. The summed E-state index contributed by atoms with van der Waals surface area (Å²) in [6.07, 6.45) is 1.90. The molecule has 1 heterocycles. The largest absolute Gasteiger partial charge is 0.507 e. The van der Waals surface area contributed by atoms with Gasteiger partial charge in [0.15, 0.2) is 17.5 Å². The molecule has 5 nitrogen and oxygen atoms in total. The maximum absolute atomic E-state index is 10.3. The van der Waals surface area contributed by atoms with E-state index < -0.39 is 0 Å². The molecule has 29 heavy (non-hydrogen) atoms. The normalized spacial score (nSPS) is 10.8. The molecule has 0 aliphatic carbocycles. The molecule has 0 fully saturated rings. The summed E-state index contributed by atoms with van der Waals surface area (Å²) in [7, 11) is 0. The van der Waals surface area contributed by atoms with E-state index in [1.165, 1.54) is 0 Å². The number of rotatable bonds is 5. The molecule has 3 aromatic carbocycles. The van der Waals surface area contributed by atoms with Crippen molar-refractivity contribution in [3.8, 4) is 45.7 Å². The van der Waals surface area contributed by atoms with Crippen LogP contribution >= 0.6 is 0 Å². The van der Waals surface area contributed by atoms with Crippen molar-refractivity contribution >= 4 is 0 Å². The number of benzene rings is 3. The second kappa shape index (κ2) is 8.10. The average molecular weight is 383 g/mol. The van der Waals surface area contributed by atoms with Crippen LogP contribution in [0.5, 0.6) is 11.5 Å². The molecule has 144 valence electrons. The average Bonchev–Trinajstić information content (AvgIpc) is 2.75. The van der Waals surface area contributed by atoms with E-state index >= 15 is 0 Å². The first-order valence-corrected chi connectivity index (χ1v) is 9.58. The standard InChI is InChI=1S/C24H21N3O2/c1-2-9-16-10-3-4-11-17(16)22-25-23(18-12-5-7-14-20(18)28)27-24(26-22)19-13-6-8-15-21(19)29/h3-8,10-15,28-29H,2,9H2,1H3. The molecule has 0 aliphatic heterocycles. The summed E-state index contributed by atoms with van der Waals surface area (Å²) in [5.74, 6) is 1.42. The van der Waals surface area contributed by atoms with Gasteiger partial charge in [-0.2, -0.15) is 0 Å². The molecule has 4 aromatic rings. The highest BCUT2D eigenvalue weighted by Gasteiger charge is 2.17. The van der Waals surface area contributed by atoms with Gasteiger partial charge in [0, 0.05) is 5.56 Å². The zero-order chi connectivity index (χ0) is 20.2. The quantitative estimate of drug-likeness (QED) is 0.493. The van der Waals surface area contributed by atoms with Crippen molar-refractivity contribution in [1.29, 1.82) is 0 Å². The molecule has 0 spiro atoms. The van der Waals surface area contributed by atoms with Crippen LogP contribution in [0.25, 0.3) is 34.2 Å². The molecule has 5 heteroatoms. The summed E-state index contributed by atoms with van der Waals surface area (Å²) in [6.45, 7) is 2.13. The summed E-state index contributed by atoms with van der Waals surface area (Å²) in [5, 5.41) is 20.7. The van der Waals surface area contributed by atoms with E-state index in [2.05, 4.69) is 27.9 Å². The number of hydrogen-bond acceptors (Lipinski definition) is 5. The van der Waals surface area contributed by atoms with E-state index in [1.807, 2.05) is 30.3 Å². The van der Waals surface area contributed by atoms with Crippen molar-refractivity contribution in [3.05, 3.63) is 78.4 Å². The van der Waals surface area contributed by atoms with Crippen LogP contribution in [-0.4, -0.2) is 25.2 Å². The number of nitrogens with zero attached hydrogens (tertiary/aromatic N) is 3. The molecule has 4 rings (SSSR count). The third kappa shape index (κ3) is 3.80. The number of phenols is 2. The summed E-state index contributed by atoms with van der Waals surface area (Å²) in [5.41, 5.74) is 3.10. The highest BCUT2D eigenvalue weighted by molar-refractivity contribution is 5.72. The van der Waals surface area contributed by atoms with Crippen LogP contribution in [0.15, 0.2) is 72.8 Å². The molecule has 2 N–H and O–H groups in total. The van der Waals surface area contributed by atoms with Gasteiger partial charge in [0.1, 0.15) is 11.5 Å². The van der Waals surface area contributed by atoms with Gasteiger partial charge in [0.05, 0.1) is 11.1 Å². The minimum atomic E-state index is 0.0923. The Bertz CT molecular complexity index is 1090. The maximum atomic E-state index is 10.3. The van der Waals surface area contributed by atoms with E-state index in [0.717, 1.165) is 24.0 Å². The van der Waals surface area contributed by atoms with Gasteiger partial charge in [-0.3, -0.25) is 0 Å². The Morgan fingerprint density at radius 3 is 1.48 bits per heavy atom. The zero-order valence-electron chi connectivity index (χ0n) is 16.1. The van der Waals surface area contributed by atoms with Gasteiger partial charge in [0.2, 0.25) is 0 Å². The molecule has 0 unspecified atom stereocenters. The Labute approximate surface area is 169 Å². The van der Waals surface area contributed by atoms with Crippen molar-refractivity contribution in [2.24, 2.45) is 0 Å². The fourth-order valence-corrected chi connectivity index (χ4v) is 3.29. The van der Waals surface area contributed by atoms with Gasteiger partial charge in [-0.15, -0.1) is 0 Å². The first kappa shape index (κ1) is 18.6. The molecule has 0 aliphatic rings. The fraction of sp³-hybridized carbons (Fsp3) is 0.125. The predicted octanol–water partition coefficient (Wildman–Crippen LogP) is 5.24. The predicted molar refractivity (Wildman–Crippen MR) is 113 cm³/mol. The molecule has 0 atom stereocenters. The Kier molecular flexibility index (Phi) is 5.20. The minimum Gasteiger partial charge on any atom is -0.507 e. The number of hydrogen-bond donors (Lipinski definition) is 2. The second-order valence-electron chi connectivity index (χ2n) is 6.75. The Balaban J connectivity index is 1.97.